The van der Waals surface area contributed by atoms with E-state index in [1.165, 1.54) is 13.0 Å². The van der Waals surface area contributed by atoms with Gasteiger partial charge in [-0.1, -0.05) is 13.8 Å². The van der Waals surface area contributed by atoms with Gasteiger partial charge in [-0.3, -0.25) is 0 Å². The third-order valence-corrected chi connectivity index (χ3v) is 5.11. The van der Waals surface area contributed by atoms with E-state index in [4.69, 9.17) is 5.73 Å². The van der Waals surface area contributed by atoms with Gasteiger partial charge in [0.25, 0.3) is 0 Å². The lowest BCUT2D eigenvalue weighted by molar-refractivity contribution is 0.387. The molecule has 19 heavy (non-hydrogen) atoms. The maximum absolute atomic E-state index is 14.0. The molecule has 0 aromatic heterocycles. The lowest BCUT2D eigenvalue weighted by Gasteiger charge is -2.28. The Morgan fingerprint density at radius 2 is 1.84 bits per heavy atom. The first-order valence-electron chi connectivity index (χ1n) is 6.25. The Kier molecular flexibility index (Phi) is 4.58. The summed E-state index contributed by atoms with van der Waals surface area (Å²) in [5.74, 6) is -0.753. The zero-order valence-corrected chi connectivity index (χ0v) is 12.6. The van der Waals surface area contributed by atoms with Crippen molar-refractivity contribution in [3.8, 4) is 0 Å². The van der Waals surface area contributed by atoms with Crippen molar-refractivity contribution < 1.29 is 12.8 Å². The molecule has 0 atom stereocenters. The van der Waals surface area contributed by atoms with Crippen molar-refractivity contribution >= 4 is 15.7 Å². The first kappa shape index (κ1) is 15.9. The second-order valence-electron chi connectivity index (χ2n) is 5.02. The van der Waals surface area contributed by atoms with Gasteiger partial charge in [0.1, 0.15) is 10.7 Å². The van der Waals surface area contributed by atoms with Crippen LogP contribution in [0.1, 0.15) is 39.2 Å². The normalized spacial score (nSPS) is 12.7. The summed E-state index contributed by atoms with van der Waals surface area (Å²) in [7, 11) is -3.92. The Hall–Kier alpha value is -1.14. The van der Waals surface area contributed by atoms with Crippen LogP contribution in [0.4, 0.5) is 10.1 Å². The van der Waals surface area contributed by atoms with E-state index >= 15 is 0 Å². The molecule has 0 amide bonds. The van der Waals surface area contributed by atoms with Crippen LogP contribution in [0.2, 0.25) is 0 Å². The Morgan fingerprint density at radius 3 is 2.32 bits per heavy atom. The minimum absolute atomic E-state index is 0.218. The summed E-state index contributed by atoms with van der Waals surface area (Å²) < 4.78 is 41.1. The fourth-order valence-electron chi connectivity index (χ4n) is 1.73. The van der Waals surface area contributed by atoms with Gasteiger partial charge in [0.15, 0.2) is 0 Å². The van der Waals surface area contributed by atoms with E-state index in [0.717, 1.165) is 6.07 Å². The second-order valence-corrected chi connectivity index (χ2v) is 6.67. The molecule has 6 heteroatoms. The van der Waals surface area contributed by atoms with Crippen molar-refractivity contribution in [3.63, 3.8) is 0 Å². The summed E-state index contributed by atoms with van der Waals surface area (Å²) in [4.78, 5) is -0.391. The van der Waals surface area contributed by atoms with E-state index < -0.39 is 26.3 Å². The average Bonchev–Trinajstić information content (AvgIpc) is 2.32. The largest absolute Gasteiger partial charge is 0.399 e. The molecule has 1 aromatic rings. The smallest absolute Gasteiger partial charge is 0.244 e. The first-order valence-corrected chi connectivity index (χ1v) is 7.73. The summed E-state index contributed by atoms with van der Waals surface area (Å²) in [6.07, 6.45) is 1.23. The van der Waals surface area contributed by atoms with Crippen molar-refractivity contribution in [3.05, 3.63) is 23.5 Å². The number of halogens is 1. The van der Waals surface area contributed by atoms with Crippen LogP contribution in [-0.4, -0.2) is 14.0 Å². The van der Waals surface area contributed by atoms with Crippen LogP contribution in [0.3, 0.4) is 0 Å². The second kappa shape index (κ2) is 5.46. The number of aryl methyl sites for hydroxylation is 1. The molecule has 0 unspecified atom stereocenters. The standard InChI is InChI=1S/C13H21FN2O2S/c1-5-13(4,6-2)16-19(17,18)11-8-10(15)7-9(3)12(11)14/h7-8,16H,5-6,15H2,1-4H3. The number of nitrogens with one attached hydrogen (secondary N) is 1. The molecule has 0 spiro atoms. The molecule has 0 saturated carbocycles. The molecule has 3 N–H and O–H groups in total. The molecule has 0 aliphatic rings. The van der Waals surface area contributed by atoms with Crippen LogP contribution in [0.15, 0.2) is 17.0 Å². The van der Waals surface area contributed by atoms with E-state index in [2.05, 4.69) is 4.72 Å². The summed E-state index contributed by atoms with van der Waals surface area (Å²) in [5.41, 5.74) is 5.45. The molecular weight excluding hydrogens is 267 g/mol. The third kappa shape index (κ3) is 3.45. The SMILES string of the molecule is CCC(C)(CC)NS(=O)(=O)c1cc(N)cc(C)c1F. The van der Waals surface area contributed by atoms with Crippen LogP contribution >= 0.6 is 0 Å². The van der Waals surface area contributed by atoms with Crippen LogP contribution in [0, 0.1) is 12.7 Å². The fraction of sp³-hybridized carbons (Fsp3) is 0.538. The molecule has 108 valence electrons. The molecule has 0 aliphatic heterocycles. The Bertz CT molecular complexity index is 566. The maximum atomic E-state index is 14.0. The Labute approximate surface area is 114 Å². The topological polar surface area (TPSA) is 72.2 Å². The molecule has 4 nitrogen and oxygen atoms in total. The van der Waals surface area contributed by atoms with Crippen LogP contribution in [-0.2, 0) is 10.0 Å². The molecule has 0 bridgehead atoms. The zero-order valence-electron chi connectivity index (χ0n) is 11.7. The zero-order chi connectivity index (χ0) is 14.8. The van der Waals surface area contributed by atoms with Crippen LogP contribution < -0.4 is 10.5 Å². The number of nitrogens with two attached hydrogens (primary N) is 1. The van der Waals surface area contributed by atoms with Gasteiger partial charge in [-0.2, -0.15) is 0 Å². The molecule has 0 aliphatic carbocycles. The Morgan fingerprint density at radius 1 is 1.32 bits per heavy atom. The Balaban J connectivity index is 3.29. The van der Waals surface area contributed by atoms with Gasteiger partial charge in [-0.05, 0) is 44.4 Å². The predicted molar refractivity (Wildman–Crippen MR) is 74.9 cm³/mol. The highest BCUT2D eigenvalue weighted by Gasteiger charge is 2.29. The quantitative estimate of drug-likeness (QED) is 0.818. The minimum atomic E-state index is -3.92. The molecule has 1 aromatic carbocycles. The number of nitrogen functional groups attached to an aromatic ring is 1. The number of hydrogen-bond acceptors (Lipinski definition) is 3. The fourth-order valence-corrected chi connectivity index (χ4v) is 3.47. The molecule has 0 saturated heterocycles. The first-order chi connectivity index (χ1) is 8.65. The predicted octanol–water partition coefficient (Wildman–Crippen LogP) is 2.57. The lowest BCUT2D eigenvalue weighted by atomic mass is 9.98. The van der Waals surface area contributed by atoms with Crippen molar-refractivity contribution in [2.75, 3.05) is 5.73 Å². The summed E-state index contributed by atoms with van der Waals surface area (Å²) in [6.45, 7) is 7.05. The van der Waals surface area contributed by atoms with Gasteiger partial charge in [-0.15, -0.1) is 0 Å². The van der Waals surface area contributed by atoms with Gasteiger partial charge in [0, 0.05) is 11.2 Å². The highest BCUT2D eigenvalue weighted by atomic mass is 32.2. The third-order valence-electron chi connectivity index (χ3n) is 3.47. The highest BCUT2D eigenvalue weighted by molar-refractivity contribution is 7.89. The van der Waals surface area contributed by atoms with Gasteiger partial charge in [-0.25, -0.2) is 17.5 Å². The van der Waals surface area contributed by atoms with Crippen molar-refractivity contribution in [2.45, 2.75) is 51.0 Å². The molecule has 0 radical (unpaired) electrons. The van der Waals surface area contributed by atoms with E-state index in [-0.39, 0.29) is 11.3 Å². The summed E-state index contributed by atoms with van der Waals surface area (Å²) in [5, 5.41) is 0. The van der Waals surface area contributed by atoms with Crippen molar-refractivity contribution in [2.24, 2.45) is 0 Å². The lowest BCUT2D eigenvalue weighted by Crippen LogP contribution is -2.45. The minimum Gasteiger partial charge on any atom is -0.399 e. The van der Waals surface area contributed by atoms with Gasteiger partial charge < -0.3 is 5.73 Å². The van der Waals surface area contributed by atoms with Gasteiger partial charge in [0.05, 0.1) is 0 Å². The van der Waals surface area contributed by atoms with Crippen molar-refractivity contribution in [1.82, 2.24) is 4.72 Å². The van der Waals surface area contributed by atoms with Gasteiger partial charge in [0.2, 0.25) is 10.0 Å². The summed E-state index contributed by atoms with van der Waals surface area (Å²) in [6, 6.07) is 2.56. The van der Waals surface area contributed by atoms with E-state index in [0.29, 0.717) is 12.8 Å². The van der Waals surface area contributed by atoms with Crippen LogP contribution in [0.25, 0.3) is 0 Å². The van der Waals surface area contributed by atoms with E-state index in [1.807, 2.05) is 13.8 Å². The van der Waals surface area contributed by atoms with Crippen molar-refractivity contribution in [1.29, 1.82) is 0 Å². The van der Waals surface area contributed by atoms with E-state index in [1.54, 1.807) is 6.92 Å². The number of sulfonamides is 1. The number of hydrogen-bond donors (Lipinski definition) is 2. The monoisotopic (exact) mass is 288 g/mol. The highest BCUT2D eigenvalue weighted by Crippen LogP contribution is 2.24. The number of anilines is 1. The molecule has 0 heterocycles. The molecule has 0 fully saturated rings. The molecular formula is C13H21FN2O2S. The molecule has 1 rings (SSSR count). The number of benzene rings is 1. The average molecular weight is 288 g/mol. The summed E-state index contributed by atoms with van der Waals surface area (Å²) >= 11 is 0. The van der Waals surface area contributed by atoms with Gasteiger partial charge >= 0.3 is 0 Å². The maximum Gasteiger partial charge on any atom is 0.244 e. The number of rotatable bonds is 5. The van der Waals surface area contributed by atoms with E-state index in [9.17, 15) is 12.8 Å². The van der Waals surface area contributed by atoms with Crippen LogP contribution in [0.5, 0.6) is 0 Å².